The molecular weight excluding hydrogens is 378 g/mol. The Balaban J connectivity index is 1.37. The van der Waals surface area contributed by atoms with Crippen LogP contribution in [0, 0.1) is 0 Å². The fourth-order valence-corrected chi connectivity index (χ4v) is 4.53. The summed E-state index contributed by atoms with van der Waals surface area (Å²) < 4.78 is 10.8. The Bertz CT molecular complexity index is 966. The first kappa shape index (κ1) is 20.5. The van der Waals surface area contributed by atoms with Gasteiger partial charge in [0.25, 0.3) is 0 Å². The van der Waals surface area contributed by atoms with E-state index in [0.717, 1.165) is 30.4 Å². The molecule has 1 aliphatic carbocycles. The smallest absolute Gasteiger partial charge is 0.223 e. The predicted molar refractivity (Wildman–Crippen MR) is 115 cm³/mol. The van der Waals surface area contributed by atoms with E-state index in [1.54, 1.807) is 14.2 Å². The summed E-state index contributed by atoms with van der Waals surface area (Å²) in [5.74, 6) is 1.47. The highest BCUT2D eigenvalue weighted by atomic mass is 16.5. The van der Waals surface area contributed by atoms with Gasteiger partial charge in [-0.2, -0.15) is 0 Å². The molecule has 2 aromatic rings. The second-order valence-electron chi connectivity index (χ2n) is 8.15. The molecule has 0 saturated heterocycles. The van der Waals surface area contributed by atoms with Crippen LogP contribution in [0.3, 0.4) is 0 Å². The zero-order chi connectivity index (χ0) is 21.1. The molecule has 0 spiro atoms. The average Bonchev–Trinajstić information content (AvgIpc) is 2.80. The van der Waals surface area contributed by atoms with Crippen LogP contribution in [0.4, 0.5) is 0 Å². The van der Waals surface area contributed by atoms with Gasteiger partial charge in [0.2, 0.25) is 5.91 Å². The largest absolute Gasteiger partial charge is 0.493 e. The van der Waals surface area contributed by atoms with Crippen LogP contribution >= 0.6 is 0 Å². The molecule has 0 unspecified atom stereocenters. The van der Waals surface area contributed by atoms with Crippen molar-refractivity contribution in [3.63, 3.8) is 0 Å². The van der Waals surface area contributed by atoms with Gasteiger partial charge < -0.3 is 14.4 Å². The highest BCUT2D eigenvalue weighted by Crippen LogP contribution is 2.33. The van der Waals surface area contributed by atoms with Crippen molar-refractivity contribution in [3.05, 3.63) is 58.1 Å². The lowest BCUT2D eigenvalue weighted by atomic mass is 9.89. The minimum atomic E-state index is 0.0294. The SMILES string of the molecule is COc1cc2c(cc1OC)CN(C(=O)CCC(=O)c1ccc3c(c1)CCCC3)CC2. The number of nitrogens with zero attached hydrogens (tertiary/aromatic N) is 1. The summed E-state index contributed by atoms with van der Waals surface area (Å²) in [7, 11) is 3.24. The van der Waals surface area contributed by atoms with E-state index in [1.165, 1.54) is 29.5 Å². The molecule has 2 aromatic carbocycles. The summed E-state index contributed by atoms with van der Waals surface area (Å²) in [5.41, 5.74) is 5.67. The van der Waals surface area contributed by atoms with Crippen LogP contribution < -0.4 is 9.47 Å². The quantitative estimate of drug-likeness (QED) is 0.676. The van der Waals surface area contributed by atoms with Gasteiger partial charge in [-0.3, -0.25) is 9.59 Å². The summed E-state index contributed by atoms with van der Waals surface area (Å²) in [6.45, 7) is 1.20. The standard InChI is InChI=1S/C25H29NO4/c1-29-23-14-19-11-12-26(16-21(19)15-24(23)30-2)25(28)10-9-22(27)20-8-7-17-5-3-4-6-18(17)13-20/h7-8,13-15H,3-6,9-12,16H2,1-2H3. The number of benzene rings is 2. The van der Waals surface area contributed by atoms with Crippen molar-refractivity contribution in [1.29, 1.82) is 0 Å². The van der Waals surface area contributed by atoms with Crippen molar-refractivity contribution in [3.8, 4) is 11.5 Å². The molecule has 0 fully saturated rings. The zero-order valence-electron chi connectivity index (χ0n) is 17.8. The Hall–Kier alpha value is -2.82. The number of carbonyl (C=O) groups is 2. The third kappa shape index (κ3) is 4.20. The third-order valence-corrected chi connectivity index (χ3v) is 6.31. The monoisotopic (exact) mass is 407 g/mol. The van der Waals surface area contributed by atoms with Gasteiger partial charge in [-0.1, -0.05) is 12.1 Å². The van der Waals surface area contributed by atoms with Crippen molar-refractivity contribution in [2.24, 2.45) is 0 Å². The second-order valence-corrected chi connectivity index (χ2v) is 8.15. The van der Waals surface area contributed by atoms with Crippen LogP contribution in [0.25, 0.3) is 0 Å². The predicted octanol–water partition coefficient (Wildman–Crippen LogP) is 4.13. The molecule has 0 saturated carbocycles. The Morgan fingerprint density at radius 2 is 1.50 bits per heavy atom. The van der Waals surface area contributed by atoms with Crippen molar-refractivity contribution in [1.82, 2.24) is 4.90 Å². The molecular formula is C25H29NO4. The van der Waals surface area contributed by atoms with E-state index in [0.29, 0.717) is 24.6 Å². The summed E-state index contributed by atoms with van der Waals surface area (Å²) in [5, 5.41) is 0. The highest BCUT2D eigenvalue weighted by Gasteiger charge is 2.23. The number of ketones is 1. The van der Waals surface area contributed by atoms with E-state index in [9.17, 15) is 9.59 Å². The molecule has 1 amide bonds. The maximum Gasteiger partial charge on any atom is 0.223 e. The molecule has 158 valence electrons. The summed E-state index contributed by atoms with van der Waals surface area (Å²) in [6, 6.07) is 10.0. The molecule has 5 nitrogen and oxygen atoms in total. The molecule has 5 heteroatoms. The van der Waals surface area contributed by atoms with Gasteiger partial charge in [0.15, 0.2) is 17.3 Å². The van der Waals surface area contributed by atoms with Crippen molar-refractivity contribution < 1.29 is 19.1 Å². The number of rotatable bonds is 6. The van der Waals surface area contributed by atoms with Gasteiger partial charge in [0.05, 0.1) is 14.2 Å². The molecule has 0 N–H and O–H groups in total. The maximum atomic E-state index is 12.8. The normalized spacial score (nSPS) is 15.2. The fraction of sp³-hybridized carbons (Fsp3) is 0.440. The van der Waals surface area contributed by atoms with E-state index in [2.05, 4.69) is 6.07 Å². The number of fused-ring (bicyclic) bond motifs is 2. The molecule has 0 radical (unpaired) electrons. The number of carbonyl (C=O) groups excluding carboxylic acids is 2. The van der Waals surface area contributed by atoms with Gasteiger partial charge in [0.1, 0.15) is 0 Å². The number of hydrogen-bond acceptors (Lipinski definition) is 4. The summed E-state index contributed by atoms with van der Waals surface area (Å²) in [4.78, 5) is 27.3. The number of ether oxygens (including phenoxy) is 2. The van der Waals surface area contributed by atoms with Crippen molar-refractivity contribution in [2.45, 2.75) is 51.5 Å². The van der Waals surface area contributed by atoms with Gasteiger partial charge in [0, 0.05) is 31.5 Å². The average molecular weight is 408 g/mol. The molecule has 1 aliphatic heterocycles. The molecule has 1 heterocycles. The Morgan fingerprint density at radius 3 is 2.23 bits per heavy atom. The maximum absolute atomic E-state index is 12.8. The van der Waals surface area contributed by atoms with E-state index in [-0.39, 0.29) is 24.5 Å². The second kappa shape index (κ2) is 8.90. The number of aryl methyl sites for hydroxylation is 2. The van der Waals surface area contributed by atoms with E-state index in [4.69, 9.17) is 9.47 Å². The van der Waals surface area contributed by atoms with Gasteiger partial charge >= 0.3 is 0 Å². The molecule has 4 rings (SSSR count). The van der Waals surface area contributed by atoms with E-state index < -0.39 is 0 Å². The lowest BCUT2D eigenvalue weighted by Crippen LogP contribution is -2.36. The van der Waals surface area contributed by atoms with Crippen LogP contribution in [0.1, 0.15) is 58.3 Å². The molecule has 0 aromatic heterocycles. The first-order valence-electron chi connectivity index (χ1n) is 10.8. The van der Waals surface area contributed by atoms with Crippen LogP contribution in [0.15, 0.2) is 30.3 Å². The van der Waals surface area contributed by atoms with Gasteiger partial charge in [-0.15, -0.1) is 0 Å². The Labute approximate surface area is 178 Å². The topological polar surface area (TPSA) is 55.8 Å². The van der Waals surface area contributed by atoms with Crippen molar-refractivity contribution >= 4 is 11.7 Å². The highest BCUT2D eigenvalue weighted by molar-refractivity contribution is 5.98. The van der Waals surface area contributed by atoms with Gasteiger partial charge in [-0.25, -0.2) is 0 Å². The van der Waals surface area contributed by atoms with Crippen LogP contribution in [-0.4, -0.2) is 37.4 Å². The Kier molecular flexibility index (Phi) is 6.07. The third-order valence-electron chi connectivity index (χ3n) is 6.31. The van der Waals surface area contributed by atoms with Crippen LogP contribution in [0.2, 0.25) is 0 Å². The van der Waals surface area contributed by atoms with Crippen molar-refractivity contribution in [2.75, 3.05) is 20.8 Å². The number of methoxy groups -OCH3 is 2. The molecule has 30 heavy (non-hydrogen) atoms. The number of Topliss-reactive ketones (excluding diaryl/α,β-unsaturated/α-hetero) is 1. The fourth-order valence-electron chi connectivity index (χ4n) is 4.53. The van der Waals surface area contributed by atoms with Gasteiger partial charge in [-0.05, 0) is 72.6 Å². The molecule has 2 aliphatic rings. The van der Waals surface area contributed by atoms with E-state index in [1.807, 2.05) is 29.2 Å². The van der Waals surface area contributed by atoms with Crippen LogP contribution in [-0.2, 0) is 30.6 Å². The lowest BCUT2D eigenvalue weighted by molar-refractivity contribution is -0.132. The molecule has 0 bridgehead atoms. The van der Waals surface area contributed by atoms with E-state index >= 15 is 0 Å². The minimum absolute atomic E-state index is 0.0294. The Morgan fingerprint density at radius 1 is 0.833 bits per heavy atom. The summed E-state index contributed by atoms with van der Waals surface area (Å²) in [6.07, 6.45) is 5.86. The zero-order valence-corrected chi connectivity index (χ0v) is 17.8. The first-order chi connectivity index (χ1) is 14.6. The first-order valence-corrected chi connectivity index (χ1v) is 10.8. The summed E-state index contributed by atoms with van der Waals surface area (Å²) >= 11 is 0. The lowest BCUT2D eigenvalue weighted by Gasteiger charge is -2.29. The number of hydrogen-bond donors (Lipinski definition) is 0. The number of amides is 1. The molecule has 0 atom stereocenters. The van der Waals surface area contributed by atoms with Crippen LogP contribution in [0.5, 0.6) is 11.5 Å². The minimum Gasteiger partial charge on any atom is -0.493 e.